The predicted molar refractivity (Wildman–Crippen MR) is 75.5 cm³/mol. The smallest absolute Gasteiger partial charge is 0.0500 e. The molecule has 0 radical (unpaired) electrons. The van der Waals surface area contributed by atoms with E-state index in [-0.39, 0.29) is 0 Å². The van der Waals surface area contributed by atoms with E-state index in [1.165, 1.54) is 0 Å². The Kier molecular flexibility index (Phi) is 6.17. The van der Waals surface area contributed by atoms with Crippen molar-refractivity contribution in [2.45, 2.75) is 32.6 Å². The van der Waals surface area contributed by atoms with E-state index in [2.05, 4.69) is 13.8 Å². The van der Waals surface area contributed by atoms with Gasteiger partial charge in [-0.1, -0.05) is 44.0 Å². The van der Waals surface area contributed by atoms with Crippen LogP contribution in [0.2, 0.25) is 5.02 Å². The minimum atomic E-state index is -0.836. The fourth-order valence-electron chi connectivity index (χ4n) is 1.50. The summed E-state index contributed by atoms with van der Waals surface area (Å²) in [5.41, 5.74) is 7.49. The van der Waals surface area contributed by atoms with Crippen LogP contribution in [0.1, 0.15) is 31.4 Å². The molecular formula is C13H20ClNOS. The van der Waals surface area contributed by atoms with Crippen molar-refractivity contribution >= 4 is 22.4 Å². The minimum Gasteiger partial charge on any atom is -0.326 e. The molecule has 0 amide bonds. The van der Waals surface area contributed by atoms with Crippen LogP contribution < -0.4 is 5.73 Å². The van der Waals surface area contributed by atoms with Crippen LogP contribution in [0.25, 0.3) is 0 Å². The highest BCUT2D eigenvalue weighted by atomic mass is 35.5. The van der Waals surface area contributed by atoms with Gasteiger partial charge in [-0.3, -0.25) is 4.21 Å². The average molecular weight is 274 g/mol. The van der Waals surface area contributed by atoms with Crippen molar-refractivity contribution in [2.75, 3.05) is 5.75 Å². The maximum absolute atomic E-state index is 11.9. The van der Waals surface area contributed by atoms with E-state index in [0.717, 1.165) is 23.3 Å². The van der Waals surface area contributed by atoms with Crippen LogP contribution in [-0.2, 0) is 23.1 Å². The van der Waals surface area contributed by atoms with Crippen molar-refractivity contribution < 1.29 is 4.21 Å². The lowest BCUT2D eigenvalue weighted by Crippen LogP contribution is -2.09. The fourth-order valence-corrected chi connectivity index (χ4v) is 3.44. The molecule has 1 rings (SSSR count). The zero-order valence-electron chi connectivity index (χ0n) is 10.4. The Morgan fingerprint density at radius 2 is 2.18 bits per heavy atom. The highest BCUT2D eigenvalue weighted by molar-refractivity contribution is 7.84. The summed E-state index contributed by atoms with van der Waals surface area (Å²) in [7, 11) is -0.836. The number of nitrogens with two attached hydrogens (primary N) is 1. The summed E-state index contributed by atoms with van der Waals surface area (Å²) < 4.78 is 11.9. The first-order valence-corrected chi connectivity index (χ1v) is 7.75. The molecule has 2 unspecified atom stereocenters. The Balaban J connectivity index is 2.65. The zero-order valence-corrected chi connectivity index (χ0v) is 12.0. The highest BCUT2D eigenvalue weighted by Crippen LogP contribution is 2.20. The van der Waals surface area contributed by atoms with Gasteiger partial charge in [0.1, 0.15) is 0 Å². The van der Waals surface area contributed by atoms with E-state index in [4.69, 9.17) is 17.3 Å². The average Bonchev–Trinajstić information content (AvgIpc) is 2.31. The Labute approximate surface area is 111 Å². The van der Waals surface area contributed by atoms with Gasteiger partial charge < -0.3 is 5.73 Å². The summed E-state index contributed by atoms with van der Waals surface area (Å²) in [6.45, 7) is 4.72. The molecule has 0 heterocycles. The van der Waals surface area contributed by atoms with Crippen molar-refractivity contribution in [3.63, 3.8) is 0 Å². The van der Waals surface area contributed by atoms with Gasteiger partial charge in [0, 0.05) is 33.9 Å². The molecule has 0 aliphatic carbocycles. The number of halogens is 1. The maximum atomic E-state index is 11.9. The van der Waals surface area contributed by atoms with Crippen molar-refractivity contribution in [3.8, 4) is 0 Å². The van der Waals surface area contributed by atoms with Gasteiger partial charge in [0.15, 0.2) is 0 Å². The van der Waals surface area contributed by atoms with Crippen LogP contribution in [0.4, 0.5) is 0 Å². The molecule has 0 aromatic heterocycles. The second kappa shape index (κ2) is 7.14. The summed E-state index contributed by atoms with van der Waals surface area (Å²) in [4.78, 5) is 0. The number of rotatable bonds is 6. The van der Waals surface area contributed by atoms with Gasteiger partial charge >= 0.3 is 0 Å². The Hall–Kier alpha value is -0.380. The molecule has 0 fully saturated rings. The second-order valence-electron chi connectivity index (χ2n) is 4.39. The lowest BCUT2D eigenvalue weighted by atomic mass is 10.1. The number of hydrogen-bond acceptors (Lipinski definition) is 2. The third-order valence-corrected chi connectivity index (χ3v) is 4.76. The van der Waals surface area contributed by atoms with Gasteiger partial charge in [-0.25, -0.2) is 0 Å². The van der Waals surface area contributed by atoms with E-state index in [1.54, 1.807) is 0 Å². The standard InChI is InChI=1S/C13H20ClNOS/c1-3-10(2)8-17(16)9-12-5-4-11(7-15)6-13(12)14/h4-6,10H,3,7-9,15H2,1-2H3. The fraction of sp³-hybridized carbons (Fsp3) is 0.538. The van der Waals surface area contributed by atoms with Crippen molar-refractivity contribution in [3.05, 3.63) is 34.3 Å². The molecule has 0 aliphatic heterocycles. The first kappa shape index (κ1) is 14.7. The molecule has 2 N–H and O–H groups in total. The maximum Gasteiger partial charge on any atom is 0.0500 e. The van der Waals surface area contributed by atoms with E-state index in [9.17, 15) is 4.21 Å². The molecule has 0 spiro atoms. The monoisotopic (exact) mass is 273 g/mol. The molecule has 4 heteroatoms. The lowest BCUT2D eigenvalue weighted by molar-refractivity contribution is 0.615. The first-order valence-electron chi connectivity index (χ1n) is 5.89. The quantitative estimate of drug-likeness (QED) is 0.866. The third kappa shape index (κ3) is 4.78. The molecular weight excluding hydrogens is 254 g/mol. The van der Waals surface area contributed by atoms with Crippen LogP contribution in [-0.4, -0.2) is 9.96 Å². The van der Waals surface area contributed by atoms with Crippen molar-refractivity contribution in [2.24, 2.45) is 11.7 Å². The molecule has 1 aromatic rings. The summed E-state index contributed by atoms with van der Waals surface area (Å²) in [6.07, 6.45) is 1.06. The first-order chi connectivity index (χ1) is 8.06. The van der Waals surface area contributed by atoms with Crippen LogP contribution in [0.5, 0.6) is 0 Å². The van der Waals surface area contributed by atoms with Gasteiger partial charge in [-0.2, -0.15) is 0 Å². The van der Waals surface area contributed by atoms with Crippen LogP contribution >= 0.6 is 11.6 Å². The highest BCUT2D eigenvalue weighted by Gasteiger charge is 2.09. The Morgan fingerprint density at radius 3 is 2.71 bits per heavy atom. The summed E-state index contributed by atoms with van der Waals surface area (Å²) >= 11 is 6.13. The molecule has 0 saturated heterocycles. The predicted octanol–water partition coefficient (Wildman–Crippen LogP) is 3.09. The molecule has 0 saturated carbocycles. The van der Waals surface area contributed by atoms with Gasteiger partial charge in [-0.15, -0.1) is 0 Å². The zero-order chi connectivity index (χ0) is 12.8. The summed E-state index contributed by atoms with van der Waals surface area (Å²) in [6, 6.07) is 5.73. The van der Waals surface area contributed by atoms with Crippen LogP contribution in [0.3, 0.4) is 0 Å². The lowest BCUT2D eigenvalue weighted by Gasteiger charge is -2.09. The van der Waals surface area contributed by atoms with Crippen LogP contribution in [0.15, 0.2) is 18.2 Å². The molecule has 2 atom stereocenters. The molecule has 1 aromatic carbocycles. The van der Waals surface area contributed by atoms with Gasteiger partial charge in [0.25, 0.3) is 0 Å². The molecule has 0 aliphatic rings. The third-order valence-electron chi connectivity index (χ3n) is 2.84. The SMILES string of the molecule is CCC(C)CS(=O)Cc1ccc(CN)cc1Cl. The topological polar surface area (TPSA) is 43.1 Å². The summed E-state index contributed by atoms with van der Waals surface area (Å²) in [5.74, 6) is 1.78. The van der Waals surface area contributed by atoms with Crippen LogP contribution in [0, 0.1) is 5.92 Å². The van der Waals surface area contributed by atoms with E-state index >= 15 is 0 Å². The number of hydrogen-bond donors (Lipinski definition) is 1. The van der Waals surface area contributed by atoms with Crippen molar-refractivity contribution in [1.82, 2.24) is 0 Å². The molecule has 0 bridgehead atoms. The molecule has 2 nitrogen and oxygen atoms in total. The second-order valence-corrected chi connectivity index (χ2v) is 6.30. The largest absolute Gasteiger partial charge is 0.326 e. The Bertz CT molecular complexity index is 395. The molecule has 96 valence electrons. The van der Waals surface area contributed by atoms with Crippen molar-refractivity contribution in [1.29, 1.82) is 0 Å². The molecule has 17 heavy (non-hydrogen) atoms. The Morgan fingerprint density at radius 1 is 1.47 bits per heavy atom. The summed E-state index contributed by atoms with van der Waals surface area (Å²) in [5, 5.41) is 0.672. The van der Waals surface area contributed by atoms with Gasteiger partial charge in [-0.05, 0) is 23.1 Å². The minimum absolute atomic E-state index is 0.482. The number of benzene rings is 1. The van der Waals surface area contributed by atoms with E-state index in [1.807, 2.05) is 18.2 Å². The van der Waals surface area contributed by atoms with Gasteiger partial charge in [0.05, 0.1) is 0 Å². The van der Waals surface area contributed by atoms with E-state index < -0.39 is 10.8 Å². The van der Waals surface area contributed by atoms with E-state index in [0.29, 0.717) is 23.2 Å². The normalized spacial score (nSPS) is 14.6. The van der Waals surface area contributed by atoms with Gasteiger partial charge in [0.2, 0.25) is 0 Å².